The summed E-state index contributed by atoms with van der Waals surface area (Å²) in [5, 5.41) is 11.7. The summed E-state index contributed by atoms with van der Waals surface area (Å²) in [6, 6.07) is 15.4. The Morgan fingerprint density at radius 1 is 1.30 bits per heavy atom. The largest absolute Gasteiger partial charge is 0.497 e. The molecule has 27 heavy (non-hydrogen) atoms. The normalized spacial score (nSPS) is 11.8. The molecule has 3 aromatic rings. The summed E-state index contributed by atoms with van der Waals surface area (Å²) in [5.74, 6) is 0.978. The molecule has 0 saturated heterocycles. The summed E-state index contributed by atoms with van der Waals surface area (Å²) in [4.78, 5) is 12.3. The molecule has 6 nitrogen and oxygen atoms in total. The van der Waals surface area contributed by atoms with E-state index < -0.39 is 0 Å². The number of methoxy groups -OCH3 is 1. The smallest absolute Gasteiger partial charge is 0.230 e. The van der Waals surface area contributed by atoms with Crippen molar-refractivity contribution in [2.24, 2.45) is 0 Å². The molecule has 1 N–H and O–H groups in total. The van der Waals surface area contributed by atoms with Gasteiger partial charge in [0.1, 0.15) is 12.1 Å². The topological polar surface area (TPSA) is 69.0 Å². The van der Waals surface area contributed by atoms with Crippen molar-refractivity contribution in [2.75, 3.05) is 12.9 Å². The number of benzene rings is 2. The number of hydrogen-bond acceptors (Lipinski definition) is 5. The molecule has 0 aliphatic heterocycles. The van der Waals surface area contributed by atoms with Crippen LogP contribution >= 0.6 is 27.7 Å². The number of carbonyl (C=O) groups is 1. The average Bonchev–Trinajstić information content (AvgIpc) is 3.15. The number of ether oxygens (including phenoxy) is 1. The summed E-state index contributed by atoms with van der Waals surface area (Å²) in [7, 11) is 1.63. The molecule has 0 spiro atoms. The summed E-state index contributed by atoms with van der Waals surface area (Å²) < 4.78 is 8.01. The SMILES string of the molecule is COc1ccc(-n2cnnc2SCC(=O)NC(C)c2cccc(Br)c2)cc1. The maximum Gasteiger partial charge on any atom is 0.230 e. The fraction of sp³-hybridized carbons (Fsp3) is 0.211. The Bertz CT molecular complexity index is 914. The minimum absolute atomic E-state index is 0.0586. The van der Waals surface area contributed by atoms with E-state index in [9.17, 15) is 4.79 Å². The third-order valence-corrected chi connectivity index (χ3v) is 5.36. The van der Waals surface area contributed by atoms with Gasteiger partial charge in [-0.25, -0.2) is 0 Å². The van der Waals surface area contributed by atoms with E-state index in [1.54, 1.807) is 13.4 Å². The van der Waals surface area contributed by atoms with E-state index in [0.717, 1.165) is 21.5 Å². The molecule has 0 saturated carbocycles. The van der Waals surface area contributed by atoms with Crippen molar-refractivity contribution < 1.29 is 9.53 Å². The zero-order valence-corrected chi connectivity index (χ0v) is 17.3. The number of nitrogens with one attached hydrogen (secondary N) is 1. The highest BCUT2D eigenvalue weighted by atomic mass is 79.9. The highest BCUT2D eigenvalue weighted by Gasteiger charge is 2.13. The number of aromatic nitrogens is 3. The van der Waals surface area contributed by atoms with Crippen molar-refractivity contribution in [2.45, 2.75) is 18.1 Å². The van der Waals surface area contributed by atoms with Crippen LogP contribution < -0.4 is 10.1 Å². The molecule has 1 heterocycles. The van der Waals surface area contributed by atoms with Crippen molar-refractivity contribution in [1.82, 2.24) is 20.1 Å². The van der Waals surface area contributed by atoms with E-state index in [2.05, 4.69) is 31.4 Å². The number of halogens is 1. The predicted molar refractivity (Wildman–Crippen MR) is 109 cm³/mol. The van der Waals surface area contributed by atoms with Crippen LogP contribution in [0.4, 0.5) is 0 Å². The Labute approximate surface area is 170 Å². The third-order valence-electron chi connectivity index (χ3n) is 3.93. The lowest BCUT2D eigenvalue weighted by molar-refractivity contribution is -0.119. The second kappa shape index (κ2) is 9.05. The molecule has 0 aliphatic carbocycles. The van der Waals surface area contributed by atoms with Gasteiger partial charge in [0.05, 0.1) is 18.9 Å². The van der Waals surface area contributed by atoms with Gasteiger partial charge >= 0.3 is 0 Å². The molecule has 0 aliphatic rings. The van der Waals surface area contributed by atoms with E-state index in [-0.39, 0.29) is 17.7 Å². The van der Waals surface area contributed by atoms with Gasteiger partial charge in [-0.2, -0.15) is 0 Å². The Hall–Kier alpha value is -2.32. The number of nitrogens with zero attached hydrogens (tertiary/aromatic N) is 3. The van der Waals surface area contributed by atoms with E-state index in [4.69, 9.17) is 4.74 Å². The lowest BCUT2D eigenvalue weighted by Crippen LogP contribution is -2.28. The second-order valence-corrected chi connectivity index (χ2v) is 7.67. The minimum Gasteiger partial charge on any atom is -0.497 e. The Morgan fingerprint density at radius 3 is 2.78 bits per heavy atom. The first-order valence-electron chi connectivity index (χ1n) is 8.29. The van der Waals surface area contributed by atoms with Gasteiger partial charge in [-0.05, 0) is 48.9 Å². The molecule has 0 bridgehead atoms. The zero-order chi connectivity index (χ0) is 19.2. The molecule has 1 unspecified atom stereocenters. The maximum absolute atomic E-state index is 12.3. The van der Waals surface area contributed by atoms with E-state index in [0.29, 0.717) is 5.16 Å². The van der Waals surface area contributed by atoms with Crippen LogP contribution in [-0.2, 0) is 4.79 Å². The van der Waals surface area contributed by atoms with Crippen LogP contribution in [0, 0.1) is 0 Å². The lowest BCUT2D eigenvalue weighted by atomic mass is 10.1. The molecular weight excluding hydrogens is 428 g/mol. The van der Waals surface area contributed by atoms with Crippen LogP contribution in [0.2, 0.25) is 0 Å². The van der Waals surface area contributed by atoms with Crippen molar-refractivity contribution in [3.8, 4) is 11.4 Å². The first kappa shape index (κ1) is 19.4. The van der Waals surface area contributed by atoms with E-state index in [1.807, 2.05) is 60.0 Å². The van der Waals surface area contributed by atoms with Crippen LogP contribution in [0.1, 0.15) is 18.5 Å². The monoisotopic (exact) mass is 446 g/mol. The third kappa shape index (κ3) is 5.11. The summed E-state index contributed by atoms with van der Waals surface area (Å²) in [6.07, 6.45) is 1.63. The maximum atomic E-state index is 12.3. The second-order valence-electron chi connectivity index (χ2n) is 5.81. The number of hydrogen-bond donors (Lipinski definition) is 1. The number of amides is 1. The summed E-state index contributed by atoms with van der Waals surface area (Å²) in [5.41, 5.74) is 1.95. The van der Waals surface area contributed by atoms with Crippen LogP contribution in [0.3, 0.4) is 0 Å². The summed E-state index contributed by atoms with van der Waals surface area (Å²) >= 11 is 4.79. The zero-order valence-electron chi connectivity index (χ0n) is 14.9. The summed E-state index contributed by atoms with van der Waals surface area (Å²) in [6.45, 7) is 1.96. The molecule has 3 rings (SSSR count). The highest BCUT2D eigenvalue weighted by Crippen LogP contribution is 2.22. The van der Waals surface area contributed by atoms with Crippen LogP contribution in [-0.4, -0.2) is 33.5 Å². The lowest BCUT2D eigenvalue weighted by Gasteiger charge is -2.14. The average molecular weight is 447 g/mol. The first-order valence-corrected chi connectivity index (χ1v) is 10.1. The van der Waals surface area contributed by atoms with Gasteiger partial charge < -0.3 is 10.1 Å². The molecular formula is C19H19BrN4O2S. The molecule has 0 radical (unpaired) electrons. The van der Waals surface area contributed by atoms with Crippen LogP contribution in [0.15, 0.2) is 64.5 Å². The number of thioether (sulfide) groups is 1. The van der Waals surface area contributed by atoms with Gasteiger partial charge in [0.2, 0.25) is 5.91 Å². The van der Waals surface area contributed by atoms with E-state index >= 15 is 0 Å². The molecule has 2 aromatic carbocycles. The molecule has 1 amide bonds. The van der Waals surface area contributed by atoms with E-state index in [1.165, 1.54) is 11.8 Å². The predicted octanol–water partition coefficient (Wildman–Crippen LogP) is 4.01. The van der Waals surface area contributed by atoms with Gasteiger partial charge in [-0.1, -0.05) is 39.8 Å². The van der Waals surface area contributed by atoms with Gasteiger partial charge in [-0.3, -0.25) is 9.36 Å². The molecule has 140 valence electrons. The molecule has 1 aromatic heterocycles. The Balaban J connectivity index is 1.60. The van der Waals surface area contributed by atoms with Crippen molar-refractivity contribution >= 4 is 33.6 Å². The Morgan fingerprint density at radius 2 is 2.07 bits per heavy atom. The highest BCUT2D eigenvalue weighted by molar-refractivity contribution is 9.10. The molecule has 1 atom stereocenters. The quantitative estimate of drug-likeness (QED) is 0.555. The van der Waals surface area contributed by atoms with Gasteiger partial charge in [0.25, 0.3) is 0 Å². The van der Waals surface area contributed by atoms with Gasteiger partial charge in [-0.15, -0.1) is 10.2 Å². The number of carbonyl (C=O) groups excluding carboxylic acids is 1. The Kier molecular flexibility index (Phi) is 6.52. The van der Waals surface area contributed by atoms with Crippen LogP contribution in [0.5, 0.6) is 5.75 Å². The molecule has 0 fully saturated rings. The first-order chi connectivity index (χ1) is 13.1. The fourth-order valence-corrected chi connectivity index (χ4v) is 3.67. The van der Waals surface area contributed by atoms with Gasteiger partial charge in [0.15, 0.2) is 5.16 Å². The van der Waals surface area contributed by atoms with Gasteiger partial charge in [0, 0.05) is 10.2 Å². The van der Waals surface area contributed by atoms with Crippen LogP contribution in [0.25, 0.3) is 5.69 Å². The molecule has 8 heteroatoms. The van der Waals surface area contributed by atoms with Crippen molar-refractivity contribution in [3.05, 3.63) is 64.9 Å². The van der Waals surface area contributed by atoms with Crippen molar-refractivity contribution in [1.29, 1.82) is 0 Å². The standard InChI is InChI=1S/C19H19BrN4O2S/c1-13(14-4-3-5-15(20)10-14)22-18(25)11-27-19-23-21-12-24(19)16-6-8-17(26-2)9-7-16/h3-10,12-13H,11H2,1-2H3,(H,22,25). The minimum atomic E-state index is -0.0740. The van der Waals surface area contributed by atoms with Crippen molar-refractivity contribution in [3.63, 3.8) is 0 Å². The number of rotatable bonds is 7. The fourth-order valence-electron chi connectivity index (χ4n) is 2.52.